The lowest BCUT2D eigenvalue weighted by Gasteiger charge is -2.44. The molecular formula is C18H30N2O4. The second kappa shape index (κ2) is 6.64. The molecule has 0 aromatic carbocycles. The van der Waals surface area contributed by atoms with Gasteiger partial charge in [-0.05, 0) is 18.3 Å². The number of hydrogen-bond acceptors (Lipinski definition) is 4. The molecule has 2 amide bonds. The van der Waals surface area contributed by atoms with Crippen LogP contribution in [0.3, 0.4) is 0 Å². The van der Waals surface area contributed by atoms with E-state index < -0.39 is 5.41 Å². The smallest absolute Gasteiger partial charge is 0.229 e. The zero-order chi connectivity index (χ0) is 17.4. The van der Waals surface area contributed by atoms with Gasteiger partial charge in [-0.15, -0.1) is 0 Å². The van der Waals surface area contributed by atoms with Gasteiger partial charge in [0.2, 0.25) is 11.8 Å². The maximum atomic E-state index is 13.2. The Kier molecular flexibility index (Phi) is 4.89. The monoisotopic (exact) mass is 338 g/mol. The van der Waals surface area contributed by atoms with Crippen LogP contribution in [0.15, 0.2) is 0 Å². The Balaban J connectivity index is 1.76. The van der Waals surface area contributed by atoms with Gasteiger partial charge in [0, 0.05) is 32.1 Å². The van der Waals surface area contributed by atoms with Crippen molar-refractivity contribution < 1.29 is 19.1 Å². The van der Waals surface area contributed by atoms with E-state index in [0.29, 0.717) is 52.6 Å². The zero-order valence-corrected chi connectivity index (χ0v) is 15.2. The van der Waals surface area contributed by atoms with Crippen LogP contribution in [-0.4, -0.2) is 74.2 Å². The van der Waals surface area contributed by atoms with E-state index in [1.54, 1.807) is 0 Å². The third-order valence-corrected chi connectivity index (χ3v) is 6.62. The molecule has 2 saturated heterocycles. The molecule has 2 heterocycles. The van der Waals surface area contributed by atoms with Crippen molar-refractivity contribution in [2.75, 3.05) is 52.6 Å². The molecule has 2 atom stereocenters. The summed E-state index contributed by atoms with van der Waals surface area (Å²) in [5, 5.41) is 0. The quantitative estimate of drug-likeness (QED) is 0.758. The first kappa shape index (κ1) is 17.7. The van der Waals surface area contributed by atoms with Crippen LogP contribution in [0.4, 0.5) is 0 Å². The third-order valence-electron chi connectivity index (χ3n) is 6.62. The topological polar surface area (TPSA) is 59.1 Å². The summed E-state index contributed by atoms with van der Waals surface area (Å²) in [5.74, 6) is 0.292. The fraction of sp³-hybridized carbons (Fsp3) is 0.889. The number of morpholine rings is 2. The average molecular weight is 338 g/mol. The lowest BCUT2D eigenvalue weighted by atomic mass is 9.64. The summed E-state index contributed by atoms with van der Waals surface area (Å²) >= 11 is 0. The lowest BCUT2D eigenvalue weighted by molar-refractivity contribution is -0.155. The highest BCUT2D eigenvalue weighted by molar-refractivity contribution is 5.87. The minimum absolute atomic E-state index is 0.0920. The molecule has 0 unspecified atom stereocenters. The second-order valence-corrected chi connectivity index (χ2v) is 7.99. The Bertz CT molecular complexity index is 495. The number of carbonyl (C=O) groups excluding carboxylic acids is 2. The Morgan fingerprint density at radius 1 is 0.875 bits per heavy atom. The predicted molar refractivity (Wildman–Crippen MR) is 89.4 cm³/mol. The summed E-state index contributed by atoms with van der Waals surface area (Å²) in [6.45, 7) is 11.3. The number of nitrogens with zero attached hydrogens (tertiary/aromatic N) is 2. The summed E-state index contributed by atoms with van der Waals surface area (Å²) in [4.78, 5) is 30.1. The Morgan fingerprint density at radius 2 is 1.38 bits per heavy atom. The van der Waals surface area contributed by atoms with Gasteiger partial charge in [0.25, 0.3) is 0 Å². The molecule has 1 saturated carbocycles. The molecule has 0 spiro atoms. The first-order valence-electron chi connectivity index (χ1n) is 9.11. The summed E-state index contributed by atoms with van der Waals surface area (Å²) in [6, 6.07) is 0. The first-order chi connectivity index (χ1) is 11.4. The minimum atomic E-state index is -0.489. The fourth-order valence-electron chi connectivity index (χ4n) is 4.43. The molecule has 0 N–H and O–H groups in total. The second-order valence-electron chi connectivity index (χ2n) is 7.99. The fourth-order valence-corrected chi connectivity index (χ4v) is 4.43. The van der Waals surface area contributed by atoms with Gasteiger partial charge in [0.15, 0.2) is 0 Å². The van der Waals surface area contributed by atoms with Crippen LogP contribution in [0.25, 0.3) is 0 Å². The summed E-state index contributed by atoms with van der Waals surface area (Å²) in [7, 11) is 0. The van der Waals surface area contributed by atoms with Crippen molar-refractivity contribution in [2.24, 2.45) is 16.7 Å². The van der Waals surface area contributed by atoms with Gasteiger partial charge in [-0.25, -0.2) is 0 Å². The van der Waals surface area contributed by atoms with Gasteiger partial charge in [-0.2, -0.15) is 0 Å². The third kappa shape index (κ3) is 2.84. The molecular weight excluding hydrogens is 308 g/mol. The predicted octanol–water partition coefficient (Wildman–Crippen LogP) is 1.15. The molecule has 2 aliphatic heterocycles. The maximum Gasteiger partial charge on any atom is 0.229 e. The number of amides is 2. The molecule has 3 rings (SSSR count). The van der Waals surface area contributed by atoms with Gasteiger partial charge in [0.1, 0.15) is 0 Å². The molecule has 24 heavy (non-hydrogen) atoms. The van der Waals surface area contributed by atoms with Gasteiger partial charge in [-0.3, -0.25) is 9.59 Å². The number of rotatable bonds is 2. The highest BCUT2D eigenvalue weighted by Crippen LogP contribution is 2.57. The van der Waals surface area contributed by atoms with Gasteiger partial charge in [0.05, 0.1) is 31.8 Å². The molecule has 136 valence electrons. The molecule has 0 radical (unpaired) electrons. The van der Waals surface area contributed by atoms with Crippen LogP contribution >= 0.6 is 0 Å². The highest BCUT2D eigenvalue weighted by atomic mass is 16.5. The van der Waals surface area contributed by atoms with E-state index in [2.05, 4.69) is 20.8 Å². The maximum absolute atomic E-state index is 13.2. The van der Waals surface area contributed by atoms with Crippen LogP contribution in [0.1, 0.15) is 33.6 Å². The van der Waals surface area contributed by atoms with Crippen molar-refractivity contribution >= 4 is 11.8 Å². The van der Waals surface area contributed by atoms with E-state index in [0.717, 1.165) is 12.8 Å². The summed E-state index contributed by atoms with van der Waals surface area (Å²) in [5.41, 5.74) is -0.839. The van der Waals surface area contributed by atoms with E-state index in [1.807, 2.05) is 9.80 Å². The van der Waals surface area contributed by atoms with E-state index in [1.165, 1.54) is 0 Å². The van der Waals surface area contributed by atoms with Gasteiger partial charge >= 0.3 is 0 Å². The van der Waals surface area contributed by atoms with Crippen LogP contribution in [0, 0.1) is 16.7 Å². The summed E-state index contributed by atoms with van der Waals surface area (Å²) in [6.07, 6.45) is 1.56. The van der Waals surface area contributed by atoms with Crippen LogP contribution < -0.4 is 0 Å². The van der Waals surface area contributed by atoms with Gasteiger partial charge < -0.3 is 19.3 Å². The standard InChI is InChI=1S/C18H30N2O4/c1-17(2)14(15(21)19-6-10-23-11-7-19)4-5-18(17,3)16(22)20-8-12-24-13-9-20/h14H,4-13H2,1-3H3/t14-,18+/m0/s1. The first-order valence-corrected chi connectivity index (χ1v) is 9.11. The van der Waals surface area contributed by atoms with Crippen molar-refractivity contribution in [1.29, 1.82) is 0 Å². The van der Waals surface area contributed by atoms with Gasteiger partial charge in [-0.1, -0.05) is 20.8 Å². The molecule has 0 aromatic rings. The normalized spacial score (nSPS) is 33.5. The van der Waals surface area contributed by atoms with E-state index >= 15 is 0 Å². The minimum Gasteiger partial charge on any atom is -0.378 e. The molecule has 6 nitrogen and oxygen atoms in total. The summed E-state index contributed by atoms with van der Waals surface area (Å²) < 4.78 is 10.7. The van der Waals surface area contributed by atoms with Crippen molar-refractivity contribution in [1.82, 2.24) is 9.80 Å². The number of hydrogen-bond donors (Lipinski definition) is 0. The molecule has 0 bridgehead atoms. The number of carbonyl (C=O) groups is 2. The Hall–Kier alpha value is -1.14. The average Bonchev–Trinajstić information content (AvgIpc) is 2.86. The lowest BCUT2D eigenvalue weighted by Crippen LogP contribution is -2.54. The van der Waals surface area contributed by atoms with Crippen molar-refractivity contribution in [3.05, 3.63) is 0 Å². The van der Waals surface area contributed by atoms with E-state index in [4.69, 9.17) is 9.47 Å². The van der Waals surface area contributed by atoms with Crippen molar-refractivity contribution in [3.63, 3.8) is 0 Å². The Labute approximate surface area is 144 Å². The molecule has 0 aromatic heterocycles. The SMILES string of the molecule is CC1(C)[C@H](C(=O)N2CCOCC2)CC[C@]1(C)C(=O)N1CCOCC1. The Morgan fingerprint density at radius 3 is 1.92 bits per heavy atom. The van der Waals surface area contributed by atoms with Crippen molar-refractivity contribution in [2.45, 2.75) is 33.6 Å². The highest BCUT2D eigenvalue weighted by Gasteiger charge is 2.59. The zero-order valence-electron chi connectivity index (χ0n) is 15.2. The molecule has 6 heteroatoms. The van der Waals surface area contributed by atoms with Crippen molar-refractivity contribution in [3.8, 4) is 0 Å². The number of ether oxygens (including phenoxy) is 2. The molecule has 3 aliphatic rings. The molecule has 1 aliphatic carbocycles. The van der Waals surface area contributed by atoms with E-state index in [9.17, 15) is 9.59 Å². The molecule has 3 fully saturated rings. The van der Waals surface area contributed by atoms with Crippen LogP contribution in [0.5, 0.6) is 0 Å². The van der Waals surface area contributed by atoms with Crippen LogP contribution in [0.2, 0.25) is 0 Å². The van der Waals surface area contributed by atoms with Crippen LogP contribution in [-0.2, 0) is 19.1 Å². The largest absolute Gasteiger partial charge is 0.378 e. The van der Waals surface area contributed by atoms with E-state index in [-0.39, 0.29) is 23.1 Å².